The van der Waals surface area contributed by atoms with Crippen LogP contribution in [-0.4, -0.2) is 0 Å². The summed E-state index contributed by atoms with van der Waals surface area (Å²) in [7, 11) is 0. The topological polar surface area (TPSA) is 0 Å². The van der Waals surface area contributed by atoms with Crippen LogP contribution in [0.4, 0.5) is 0 Å². The van der Waals surface area contributed by atoms with Crippen molar-refractivity contribution in [1.82, 2.24) is 0 Å². The van der Waals surface area contributed by atoms with Gasteiger partial charge in [0.15, 0.2) is 0 Å². The van der Waals surface area contributed by atoms with E-state index in [9.17, 15) is 0 Å². The van der Waals surface area contributed by atoms with Crippen LogP contribution < -0.4 is 0 Å². The van der Waals surface area contributed by atoms with Crippen molar-refractivity contribution in [2.75, 3.05) is 0 Å². The minimum absolute atomic E-state index is 1.17. The fraction of sp³-hybridized carbons (Fsp3) is 0.100. The monoisotopic (exact) mass is 286 g/mol. The molecule has 1 aromatic heterocycles. The van der Waals surface area contributed by atoms with Crippen LogP contribution in [0.15, 0.2) is 60.7 Å². The van der Waals surface area contributed by atoms with Gasteiger partial charge in [-0.25, -0.2) is 0 Å². The van der Waals surface area contributed by atoms with Gasteiger partial charge in [-0.05, 0) is 40.8 Å². The number of hydrogen-bond acceptors (Lipinski definition) is 1. The number of fused-ring (bicyclic) bond motifs is 7. The molecule has 5 rings (SSSR count). The molecule has 0 saturated heterocycles. The Morgan fingerprint density at radius 3 is 2.62 bits per heavy atom. The van der Waals surface area contributed by atoms with Gasteiger partial charge in [0.1, 0.15) is 0 Å². The van der Waals surface area contributed by atoms with Crippen molar-refractivity contribution in [2.45, 2.75) is 12.8 Å². The summed E-state index contributed by atoms with van der Waals surface area (Å²) in [5.74, 6) is 0. The minimum Gasteiger partial charge on any atom is -0.140 e. The third-order valence-electron chi connectivity index (χ3n) is 4.56. The first-order chi connectivity index (χ1) is 10.4. The van der Waals surface area contributed by atoms with E-state index in [1.807, 2.05) is 11.3 Å². The zero-order valence-corrected chi connectivity index (χ0v) is 12.4. The van der Waals surface area contributed by atoms with E-state index in [0.29, 0.717) is 0 Å². The lowest BCUT2D eigenvalue weighted by atomic mass is 9.87. The van der Waals surface area contributed by atoms with Gasteiger partial charge in [-0.1, -0.05) is 54.6 Å². The van der Waals surface area contributed by atoms with Gasteiger partial charge < -0.3 is 0 Å². The van der Waals surface area contributed by atoms with E-state index in [2.05, 4.69) is 60.7 Å². The first-order valence-electron chi connectivity index (χ1n) is 7.43. The molecule has 0 amide bonds. The third-order valence-corrected chi connectivity index (χ3v) is 5.78. The number of aryl methyl sites for hydroxylation is 2. The van der Waals surface area contributed by atoms with Crippen molar-refractivity contribution in [2.24, 2.45) is 0 Å². The standard InChI is InChI=1S/C20H14S/c1-3-7-15-13(5-1)9-11-17-19(15)20-16-8-4-2-6-14(16)10-12-18(20)21-17/h1-9,11H,10,12H2. The first-order valence-corrected chi connectivity index (χ1v) is 8.25. The van der Waals surface area contributed by atoms with Crippen molar-refractivity contribution >= 4 is 32.2 Å². The number of thiophene rings is 1. The highest BCUT2D eigenvalue weighted by molar-refractivity contribution is 7.20. The summed E-state index contributed by atoms with van der Waals surface area (Å²) in [6.45, 7) is 0. The second-order valence-corrected chi connectivity index (χ2v) is 6.85. The van der Waals surface area contributed by atoms with Crippen LogP contribution in [0.2, 0.25) is 0 Å². The van der Waals surface area contributed by atoms with Crippen LogP contribution >= 0.6 is 11.3 Å². The van der Waals surface area contributed by atoms with Gasteiger partial charge in [0, 0.05) is 20.5 Å². The van der Waals surface area contributed by atoms with Crippen LogP contribution in [0, 0.1) is 0 Å². The maximum Gasteiger partial charge on any atom is 0.0358 e. The summed E-state index contributed by atoms with van der Waals surface area (Å²) >= 11 is 1.98. The highest BCUT2D eigenvalue weighted by atomic mass is 32.1. The molecular formula is C20H14S. The predicted molar refractivity (Wildman–Crippen MR) is 92.2 cm³/mol. The molecule has 0 nitrogen and oxygen atoms in total. The largest absolute Gasteiger partial charge is 0.140 e. The highest BCUT2D eigenvalue weighted by Crippen LogP contribution is 2.46. The first kappa shape index (κ1) is 11.5. The molecule has 0 radical (unpaired) electrons. The highest BCUT2D eigenvalue weighted by Gasteiger charge is 2.21. The molecule has 0 atom stereocenters. The van der Waals surface area contributed by atoms with Gasteiger partial charge >= 0.3 is 0 Å². The molecule has 1 heterocycles. The molecule has 0 spiro atoms. The quantitative estimate of drug-likeness (QED) is 0.382. The normalized spacial score (nSPS) is 13.3. The van der Waals surface area contributed by atoms with Crippen molar-refractivity contribution in [3.05, 3.63) is 71.1 Å². The summed E-state index contributed by atoms with van der Waals surface area (Å²) in [5.41, 5.74) is 4.44. The fourth-order valence-corrected chi connectivity index (χ4v) is 4.84. The van der Waals surface area contributed by atoms with Crippen LogP contribution in [0.5, 0.6) is 0 Å². The summed E-state index contributed by atoms with van der Waals surface area (Å²) < 4.78 is 1.43. The van der Waals surface area contributed by atoms with Crippen molar-refractivity contribution in [3.63, 3.8) is 0 Å². The molecule has 1 aliphatic carbocycles. The van der Waals surface area contributed by atoms with E-state index in [-0.39, 0.29) is 0 Å². The average Bonchev–Trinajstić information content (AvgIpc) is 2.94. The molecule has 100 valence electrons. The van der Waals surface area contributed by atoms with Gasteiger partial charge in [0.25, 0.3) is 0 Å². The van der Waals surface area contributed by atoms with E-state index in [1.165, 1.54) is 50.4 Å². The Labute approximate surface area is 127 Å². The summed E-state index contributed by atoms with van der Waals surface area (Å²) in [5, 5.41) is 4.19. The zero-order valence-electron chi connectivity index (χ0n) is 11.6. The number of benzene rings is 3. The fourth-order valence-electron chi connectivity index (χ4n) is 3.61. The third kappa shape index (κ3) is 1.55. The molecule has 1 heteroatoms. The Morgan fingerprint density at radius 2 is 1.62 bits per heavy atom. The Kier molecular flexibility index (Phi) is 2.30. The molecule has 1 aliphatic rings. The van der Waals surface area contributed by atoms with Gasteiger partial charge in [-0.3, -0.25) is 0 Å². The minimum atomic E-state index is 1.17. The lowest BCUT2D eigenvalue weighted by Gasteiger charge is -2.16. The number of hydrogen-bond donors (Lipinski definition) is 0. The predicted octanol–water partition coefficient (Wildman–Crippen LogP) is 5.82. The van der Waals surface area contributed by atoms with Crippen LogP contribution in [0.1, 0.15) is 10.4 Å². The van der Waals surface area contributed by atoms with E-state index >= 15 is 0 Å². The molecule has 0 fully saturated rings. The Balaban J connectivity index is 2.01. The molecular weight excluding hydrogens is 272 g/mol. The molecule has 21 heavy (non-hydrogen) atoms. The molecule has 0 N–H and O–H groups in total. The Morgan fingerprint density at radius 1 is 0.762 bits per heavy atom. The zero-order chi connectivity index (χ0) is 13.8. The SMILES string of the molecule is c1ccc2c(c1)CCc1sc3ccc4ccccc4c3c1-2. The average molecular weight is 286 g/mol. The van der Waals surface area contributed by atoms with Crippen molar-refractivity contribution in [3.8, 4) is 11.1 Å². The maximum absolute atomic E-state index is 2.29. The molecule has 0 aliphatic heterocycles. The van der Waals surface area contributed by atoms with Crippen LogP contribution in [0.3, 0.4) is 0 Å². The Hall–Kier alpha value is -2.12. The van der Waals surface area contributed by atoms with Gasteiger partial charge in [-0.2, -0.15) is 0 Å². The van der Waals surface area contributed by atoms with Crippen LogP contribution in [-0.2, 0) is 12.8 Å². The second-order valence-electron chi connectivity index (χ2n) is 5.72. The van der Waals surface area contributed by atoms with E-state index in [4.69, 9.17) is 0 Å². The molecule has 4 aromatic rings. The van der Waals surface area contributed by atoms with Gasteiger partial charge in [0.05, 0.1) is 0 Å². The van der Waals surface area contributed by atoms with E-state index in [1.54, 1.807) is 4.88 Å². The van der Waals surface area contributed by atoms with E-state index < -0.39 is 0 Å². The lowest BCUT2D eigenvalue weighted by Crippen LogP contribution is -2.00. The number of rotatable bonds is 0. The van der Waals surface area contributed by atoms with Crippen molar-refractivity contribution in [1.29, 1.82) is 0 Å². The smallest absolute Gasteiger partial charge is 0.0358 e. The summed E-state index contributed by atoms with van der Waals surface area (Å²) in [4.78, 5) is 1.56. The summed E-state index contributed by atoms with van der Waals surface area (Å²) in [6, 6.07) is 22.2. The van der Waals surface area contributed by atoms with Gasteiger partial charge in [-0.15, -0.1) is 11.3 Å². The Bertz CT molecular complexity index is 991. The molecule has 0 unspecified atom stereocenters. The molecule has 0 bridgehead atoms. The molecule has 0 saturated carbocycles. The maximum atomic E-state index is 2.29. The van der Waals surface area contributed by atoms with Crippen LogP contribution in [0.25, 0.3) is 32.0 Å². The lowest BCUT2D eigenvalue weighted by molar-refractivity contribution is 0.965. The summed E-state index contributed by atoms with van der Waals surface area (Å²) in [6.07, 6.45) is 2.36. The molecule has 3 aromatic carbocycles. The van der Waals surface area contributed by atoms with Crippen molar-refractivity contribution < 1.29 is 0 Å². The van der Waals surface area contributed by atoms with E-state index in [0.717, 1.165) is 0 Å². The van der Waals surface area contributed by atoms with Gasteiger partial charge in [0.2, 0.25) is 0 Å². The second kappa shape index (κ2) is 4.19.